The number of carbonyl (C=O) groups excluding carboxylic acids is 1. The highest BCUT2D eigenvalue weighted by molar-refractivity contribution is 6.10. The Kier molecular flexibility index (Phi) is 7.44. The lowest BCUT2D eigenvalue weighted by Crippen LogP contribution is -2.35. The summed E-state index contributed by atoms with van der Waals surface area (Å²) in [4.78, 5) is 14.9. The van der Waals surface area contributed by atoms with E-state index in [0.29, 0.717) is 31.2 Å². The summed E-state index contributed by atoms with van der Waals surface area (Å²) in [5, 5.41) is 12.3. The molecule has 7 nitrogen and oxygen atoms in total. The summed E-state index contributed by atoms with van der Waals surface area (Å²) < 4.78 is 16.1. The second-order valence-corrected chi connectivity index (χ2v) is 6.78. The predicted molar refractivity (Wildman–Crippen MR) is 114 cm³/mol. The molecule has 1 amide bonds. The van der Waals surface area contributed by atoms with Crippen LogP contribution in [0.1, 0.15) is 11.1 Å². The van der Waals surface area contributed by atoms with E-state index >= 15 is 0 Å². The lowest BCUT2D eigenvalue weighted by molar-refractivity contribution is -0.112. The molecule has 0 aliphatic carbocycles. The standard InChI is InChI=1S/C23H25N3O4/c1-28-21-8-7-17(14-19(21)16-26-9-11-30-12-10-26)13-18(15-24)23(27)25-20-5-3-4-6-22(20)29-2/h3-8,13-14H,9-12,16H2,1-2H3,(H,25,27). The van der Waals surface area contributed by atoms with Crippen LogP contribution in [0.4, 0.5) is 5.69 Å². The number of hydrogen-bond acceptors (Lipinski definition) is 6. The quantitative estimate of drug-likeness (QED) is 0.561. The van der Waals surface area contributed by atoms with Gasteiger partial charge in [-0.2, -0.15) is 5.26 Å². The fourth-order valence-corrected chi connectivity index (χ4v) is 3.26. The number of benzene rings is 2. The van der Waals surface area contributed by atoms with Gasteiger partial charge in [-0.15, -0.1) is 0 Å². The van der Waals surface area contributed by atoms with Gasteiger partial charge >= 0.3 is 0 Å². The molecule has 1 saturated heterocycles. The summed E-state index contributed by atoms with van der Waals surface area (Å²) in [5.74, 6) is 0.809. The molecule has 2 aromatic rings. The zero-order chi connectivity index (χ0) is 21.3. The molecular weight excluding hydrogens is 382 g/mol. The number of methoxy groups -OCH3 is 2. The number of para-hydroxylation sites is 2. The van der Waals surface area contributed by atoms with Crippen LogP contribution in [0.25, 0.3) is 6.08 Å². The van der Waals surface area contributed by atoms with E-state index in [1.165, 1.54) is 7.11 Å². The van der Waals surface area contributed by atoms with Crippen LogP contribution in [0.15, 0.2) is 48.0 Å². The van der Waals surface area contributed by atoms with Gasteiger partial charge in [0.05, 0.1) is 33.1 Å². The largest absolute Gasteiger partial charge is 0.496 e. The van der Waals surface area contributed by atoms with Gasteiger partial charge in [0, 0.05) is 25.2 Å². The number of nitriles is 1. The molecule has 30 heavy (non-hydrogen) atoms. The number of rotatable bonds is 7. The SMILES string of the molecule is COc1ccc(C=C(C#N)C(=O)Nc2ccccc2OC)cc1CN1CCOCC1. The lowest BCUT2D eigenvalue weighted by Gasteiger charge is -2.27. The molecule has 0 atom stereocenters. The van der Waals surface area contributed by atoms with Crippen LogP contribution in [0.3, 0.4) is 0 Å². The summed E-state index contributed by atoms with van der Waals surface area (Å²) in [6.45, 7) is 3.85. The Balaban J connectivity index is 1.81. The first kappa shape index (κ1) is 21.4. The van der Waals surface area contributed by atoms with Crippen LogP contribution in [0, 0.1) is 11.3 Å². The first-order valence-corrected chi connectivity index (χ1v) is 9.67. The fraction of sp³-hybridized carbons (Fsp3) is 0.304. The van der Waals surface area contributed by atoms with E-state index in [4.69, 9.17) is 14.2 Å². The molecule has 7 heteroatoms. The van der Waals surface area contributed by atoms with Gasteiger partial charge in [0.1, 0.15) is 23.1 Å². The van der Waals surface area contributed by atoms with E-state index in [1.54, 1.807) is 31.4 Å². The van der Waals surface area contributed by atoms with E-state index in [-0.39, 0.29) is 5.57 Å². The number of ether oxygens (including phenoxy) is 3. The number of nitrogens with zero attached hydrogens (tertiary/aromatic N) is 2. The zero-order valence-electron chi connectivity index (χ0n) is 17.2. The van der Waals surface area contributed by atoms with Gasteiger partial charge in [-0.25, -0.2) is 0 Å². The van der Waals surface area contributed by atoms with Crippen LogP contribution in [0.5, 0.6) is 11.5 Å². The highest BCUT2D eigenvalue weighted by Gasteiger charge is 2.15. The van der Waals surface area contributed by atoms with Crippen molar-refractivity contribution in [2.45, 2.75) is 6.54 Å². The molecule has 3 rings (SSSR count). The van der Waals surface area contributed by atoms with Crippen LogP contribution in [-0.4, -0.2) is 51.3 Å². The Labute approximate surface area is 176 Å². The predicted octanol–water partition coefficient (Wildman–Crippen LogP) is 3.08. The van der Waals surface area contributed by atoms with Crippen molar-refractivity contribution in [1.29, 1.82) is 5.26 Å². The third-order valence-electron chi connectivity index (χ3n) is 4.83. The van der Waals surface area contributed by atoms with Crippen molar-refractivity contribution in [3.8, 4) is 17.6 Å². The molecule has 1 aliphatic heterocycles. The summed E-state index contributed by atoms with van der Waals surface area (Å²) in [5.41, 5.74) is 2.26. The van der Waals surface area contributed by atoms with E-state index < -0.39 is 5.91 Å². The number of nitrogens with one attached hydrogen (secondary N) is 1. The number of morpholine rings is 1. The molecule has 156 valence electrons. The Hall–Kier alpha value is -3.34. The van der Waals surface area contributed by atoms with E-state index in [9.17, 15) is 10.1 Å². The molecule has 1 N–H and O–H groups in total. The molecule has 1 fully saturated rings. The minimum atomic E-state index is -0.493. The van der Waals surface area contributed by atoms with Crippen molar-refractivity contribution in [3.63, 3.8) is 0 Å². The van der Waals surface area contributed by atoms with Crippen molar-refractivity contribution in [2.24, 2.45) is 0 Å². The van der Waals surface area contributed by atoms with Gasteiger partial charge < -0.3 is 19.5 Å². The molecule has 0 aromatic heterocycles. The molecule has 0 spiro atoms. The van der Waals surface area contributed by atoms with E-state index in [1.807, 2.05) is 30.3 Å². The van der Waals surface area contributed by atoms with Crippen molar-refractivity contribution < 1.29 is 19.0 Å². The second-order valence-electron chi connectivity index (χ2n) is 6.78. The number of hydrogen-bond donors (Lipinski definition) is 1. The lowest BCUT2D eigenvalue weighted by atomic mass is 10.1. The van der Waals surface area contributed by atoms with Crippen molar-refractivity contribution in [3.05, 3.63) is 59.2 Å². The topological polar surface area (TPSA) is 83.8 Å². The van der Waals surface area contributed by atoms with Crippen molar-refractivity contribution in [2.75, 3.05) is 45.8 Å². The van der Waals surface area contributed by atoms with Crippen LogP contribution in [0.2, 0.25) is 0 Å². The summed E-state index contributed by atoms with van der Waals surface area (Å²) in [7, 11) is 3.16. The normalized spacial score (nSPS) is 14.6. The van der Waals surface area contributed by atoms with Crippen LogP contribution in [-0.2, 0) is 16.1 Å². The molecule has 0 unspecified atom stereocenters. The van der Waals surface area contributed by atoms with E-state index in [0.717, 1.165) is 30.0 Å². The fourth-order valence-electron chi connectivity index (χ4n) is 3.26. The average Bonchev–Trinajstić information content (AvgIpc) is 2.78. The van der Waals surface area contributed by atoms with Gasteiger partial charge in [0.15, 0.2) is 0 Å². The highest BCUT2D eigenvalue weighted by Crippen LogP contribution is 2.25. The van der Waals surface area contributed by atoms with E-state index in [2.05, 4.69) is 10.2 Å². The minimum absolute atomic E-state index is 0.00314. The summed E-state index contributed by atoms with van der Waals surface area (Å²) >= 11 is 0. The average molecular weight is 407 g/mol. The van der Waals surface area contributed by atoms with Crippen LogP contribution >= 0.6 is 0 Å². The molecule has 0 bridgehead atoms. The molecule has 2 aromatic carbocycles. The number of carbonyl (C=O) groups is 1. The second kappa shape index (κ2) is 10.4. The zero-order valence-corrected chi connectivity index (χ0v) is 17.2. The van der Waals surface area contributed by atoms with Crippen molar-refractivity contribution in [1.82, 2.24) is 4.90 Å². The van der Waals surface area contributed by atoms with Crippen molar-refractivity contribution >= 4 is 17.7 Å². The monoisotopic (exact) mass is 407 g/mol. The minimum Gasteiger partial charge on any atom is -0.496 e. The maximum atomic E-state index is 12.6. The van der Waals surface area contributed by atoms with Gasteiger partial charge in [-0.3, -0.25) is 9.69 Å². The Morgan fingerprint density at radius 2 is 1.90 bits per heavy atom. The molecule has 0 radical (unpaired) electrons. The first-order chi connectivity index (χ1) is 14.6. The molecule has 1 aliphatic rings. The first-order valence-electron chi connectivity index (χ1n) is 9.67. The van der Waals surface area contributed by atoms with Gasteiger partial charge in [-0.1, -0.05) is 18.2 Å². The highest BCUT2D eigenvalue weighted by atomic mass is 16.5. The maximum Gasteiger partial charge on any atom is 0.266 e. The third-order valence-corrected chi connectivity index (χ3v) is 4.83. The Morgan fingerprint density at radius 3 is 2.60 bits per heavy atom. The Morgan fingerprint density at radius 1 is 1.17 bits per heavy atom. The molecule has 0 saturated carbocycles. The molecular formula is C23H25N3O4. The smallest absolute Gasteiger partial charge is 0.266 e. The summed E-state index contributed by atoms with van der Waals surface area (Å²) in [6, 6.07) is 14.7. The maximum absolute atomic E-state index is 12.6. The third kappa shape index (κ3) is 5.38. The van der Waals surface area contributed by atoms with Gasteiger partial charge in [-0.05, 0) is 35.9 Å². The number of amides is 1. The molecule has 1 heterocycles. The number of anilines is 1. The van der Waals surface area contributed by atoms with Gasteiger partial charge in [0.25, 0.3) is 5.91 Å². The summed E-state index contributed by atoms with van der Waals surface area (Å²) in [6.07, 6.45) is 1.58. The Bertz CT molecular complexity index is 959. The van der Waals surface area contributed by atoms with Gasteiger partial charge in [0.2, 0.25) is 0 Å². The van der Waals surface area contributed by atoms with Crippen LogP contribution < -0.4 is 14.8 Å².